The third-order valence-electron chi connectivity index (χ3n) is 1.60. The van der Waals surface area contributed by atoms with Crippen molar-refractivity contribution in [2.45, 2.75) is 0 Å². The molecular weight excluding hydrogens is 142 g/mol. The van der Waals surface area contributed by atoms with Crippen LogP contribution in [0.5, 0.6) is 5.88 Å². The number of para-hydroxylation sites is 1. The van der Waals surface area contributed by atoms with Crippen LogP contribution < -0.4 is 4.89 Å². The molecule has 11 heavy (non-hydrogen) atoms. The van der Waals surface area contributed by atoms with Gasteiger partial charge in [-0.25, -0.2) is 5.26 Å². The number of hydrogen-bond acceptors (Lipinski definition) is 2. The van der Waals surface area contributed by atoms with E-state index >= 15 is 0 Å². The molecule has 0 fully saturated rings. The average molecular weight is 149 g/mol. The van der Waals surface area contributed by atoms with Crippen molar-refractivity contribution in [3.05, 3.63) is 30.3 Å². The fraction of sp³-hybridized carbons (Fsp3) is 0. The molecule has 56 valence electrons. The normalized spacial score (nSPS) is 10.3. The minimum Gasteiger partial charge on any atom is -0.323 e. The molecule has 0 spiro atoms. The lowest BCUT2D eigenvalue weighted by Gasteiger charge is -1.85. The molecule has 1 aromatic heterocycles. The quantitative estimate of drug-likeness (QED) is 0.481. The number of rotatable bonds is 1. The summed E-state index contributed by atoms with van der Waals surface area (Å²) in [5.74, 6) is 0.367. The van der Waals surface area contributed by atoms with Gasteiger partial charge in [0.1, 0.15) is 0 Å². The highest BCUT2D eigenvalue weighted by Crippen LogP contribution is 2.18. The van der Waals surface area contributed by atoms with Crippen molar-refractivity contribution in [3.63, 3.8) is 0 Å². The molecule has 0 amide bonds. The molecule has 0 unspecified atom stereocenters. The first kappa shape index (κ1) is 6.24. The van der Waals surface area contributed by atoms with Gasteiger partial charge in [0, 0.05) is 17.0 Å². The molecular formula is C8H7NO2. The van der Waals surface area contributed by atoms with Gasteiger partial charge >= 0.3 is 0 Å². The first-order chi connectivity index (χ1) is 5.40. The summed E-state index contributed by atoms with van der Waals surface area (Å²) in [6, 6.07) is 9.43. The van der Waals surface area contributed by atoms with Crippen molar-refractivity contribution in [2.24, 2.45) is 0 Å². The average Bonchev–Trinajstić information content (AvgIpc) is 2.46. The number of benzene rings is 1. The van der Waals surface area contributed by atoms with E-state index < -0.39 is 0 Å². The Morgan fingerprint density at radius 2 is 2.09 bits per heavy atom. The molecule has 2 N–H and O–H groups in total. The summed E-state index contributed by atoms with van der Waals surface area (Å²) in [4.78, 5) is 6.92. The van der Waals surface area contributed by atoms with Crippen molar-refractivity contribution < 1.29 is 10.1 Å². The van der Waals surface area contributed by atoms with E-state index in [0.29, 0.717) is 5.88 Å². The topological polar surface area (TPSA) is 45.2 Å². The van der Waals surface area contributed by atoms with E-state index in [-0.39, 0.29) is 0 Å². The summed E-state index contributed by atoms with van der Waals surface area (Å²) in [5, 5.41) is 9.33. The van der Waals surface area contributed by atoms with Gasteiger partial charge in [0.05, 0.1) is 0 Å². The lowest BCUT2D eigenvalue weighted by atomic mass is 10.3. The van der Waals surface area contributed by atoms with Crippen LogP contribution in [0.15, 0.2) is 30.3 Å². The summed E-state index contributed by atoms with van der Waals surface area (Å²) < 4.78 is 0. The Kier molecular flexibility index (Phi) is 1.30. The van der Waals surface area contributed by atoms with Crippen LogP contribution in [0.3, 0.4) is 0 Å². The Bertz CT molecular complexity index is 334. The third kappa shape index (κ3) is 0.951. The Hall–Kier alpha value is -1.48. The van der Waals surface area contributed by atoms with Crippen LogP contribution >= 0.6 is 0 Å². The summed E-state index contributed by atoms with van der Waals surface area (Å²) in [6.45, 7) is 0. The van der Waals surface area contributed by atoms with E-state index in [1.807, 2.05) is 24.3 Å². The van der Waals surface area contributed by atoms with Crippen LogP contribution in [-0.2, 0) is 0 Å². The third-order valence-corrected chi connectivity index (χ3v) is 1.60. The van der Waals surface area contributed by atoms with Crippen molar-refractivity contribution in [1.82, 2.24) is 4.98 Å². The maximum atomic E-state index is 8.31. The highest BCUT2D eigenvalue weighted by molar-refractivity contribution is 5.81. The number of nitrogens with one attached hydrogen (secondary N) is 1. The van der Waals surface area contributed by atoms with Crippen molar-refractivity contribution >= 4 is 10.9 Å². The first-order valence-electron chi connectivity index (χ1n) is 3.29. The van der Waals surface area contributed by atoms with Gasteiger partial charge in [-0.15, -0.1) is 0 Å². The summed E-state index contributed by atoms with van der Waals surface area (Å²) in [5.41, 5.74) is 0.955. The highest BCUT2D eigenvalue weighted by atomic mass is 17.1. The van der Waals surface area contributed by atoms with Crippen LogP contribution in [0.4, 0.5) is 0 Å². The highest BCUT2D eigenvalue weighted by Gasteiger charge is 1.98. The standard InChI is InChI=1S/C8H7NO2/c10-11-8-5-6-3-1-2-4-7(6)9-8/h1-5,9-10H. The van der Waals surface area contributed by atoms with Crippen molar-refractivity contribution in [2.75, 3.05) is 0 Å². The number of aromatic amines is 1. The molecule has 0 atom stereocenters. The van der Waals surface area contributed by atoms with E-state index in [0.717, 1.165) is 10.9 Å². The molecule has 1 aromatic carbocycles. The molecule has 2 rings (SSSR count). The van der Waals surface area contributed by atoms with Gasteiger partial charge in [-0.3, -0.25) is 0 Å². The van der Waals surface area contributed by atoms with Gasteiger partial charge < -0.3 is 9.87 Å². The molecule has 0 aliphatic rings. The fourth-order valence-electron chi connectivity index (χ4n) is 1.10. The van der Waals surface area contributed by atoms with Crippen molar-refractivity contribution in [3.8, 4) is 5.88 Å². The van der Waals surface area contributed by atoms with Crippen LogP contribution in [-0.4, -0.2) is 10.2 Å². The summed E-state index contributed by atoms with van der Waals surface area (Å²) in [7, 11) is 0. The zero-order chi connectivity index (χ0) is 7.68. The first-order valence-corrected chi connectivity index (χ1v) is 3.29. The van der Waals surface area contributed by atoms with Crippen LogP contribution in [0, 0.1) is 0 Å². The predicted octanol–water partition coefficient (Wildman–Crippen LogP) is 2.02. The van der Waals surface area contributed by atoms with Crippen molar-refractivity contribution in [1.29, 1.82) is 0 Å². The van der Waals surface area contributed by atoms with Gasteiger partial charge in [-0.2, -0.15) is 0 Å². The van der Waals surface area contributed by atoms with E-state index in [1.54, 1.807) is 6.07 Å². The van der Waals surface area contributed by atoms with E-state index in [2.05, 4.69) is 9.87 Å². The summed E-state index contributed by atoms with van der Waals surface area (Å²) >= 11 is 0. The van der Waals surface area contributed by atoms with Crippen LogP contribution in [0.25, 0.3) is 10.9 Å². The molecule has 0 radical (unpaired) electrons. The fourth-order valence-corrected chi connectivity index (χ4v) is 1.10. The number of H-pyrrole nitrogens is 1. The Labute approximate surface area is 63.2 Å². The molecule has 0 saturated carbocycles. The molecule has 2 aromatic rings. The maximum Gasteiger partial charge on any atom is 0.235 e. The second-order valence-corrected chi connectivity index (χ2v) is 2.31. The second kappa shape index (κ2) is 2.29. The smallest absolute Gasteiger partial charge is 0.235 e. The van der Waals surface area contributed by atoms with Gasteiger partial charge in [-0.1, -0.05) is 18.2 Å². The van der Waals surface area contributed by atoms with Crippen LogP contribution in [0.2, 0.25) is 0 Å². The summed E-state index contributed by atoms with van der Waals surface area (Å²) in [6.07, 6.45) is 0. The molecule has 0 aliphatic carbocycles. The minimum absolute atomic E-state index is 0.367. The zero-order valence-electron chi connectivity index (χ0n) is 5.74. The Balaban J connectivity index is 2.69. The Morgan fingerprint density at radius 1 is 1.27 bits per heavy atom. The molecule has 3 heteroatoms. The number of hydrogen-bond donors (Lipinski definition) is 2. The lowest BCUT2D eigenvalue weighted by Crippen LogP contribution is -1.80. The molecule has 0 bridgehead atoms. The van der Waals surface area contributed by atoms with Gasteiger partial charge in [0.2, 0.25) is 5.88 Å². The van der Waals surface area contributed by atoms with Gasteiger partial charge in [0.15, 0.2) is 0 Å². The molecule has 1 heterocycles. The minimum atomic E-state index is 0.367. The molecule has 0 saturated heterocycles. The largest absolute Gasteiger partial charge is 0.323 e. The van der Waals surface area contributed by atoms with Gasteiger partial charge in [-0.05, 0) is 6.07 Å². The van der Waals surface area contributed by atoms with Gasteiger partial charge in [0.25, 0.3) is 0 Å². The SMILES string of the molecule is OOc1cc2ccccc2[nH]1. The monoisotopic (exact) mass is 149 g/mol. The van der Waals surface area contributed by atoms with E-state index in [9.17, 15) is 0 Å². The number of aromatic nitrogens is 1. The van der Waals surface area contributed by atoms with E-state index in [1.165, 1.54) is 0 Å². The van der Waals surface area contributed by atoms with E-state index in [4.69, 9.17) is 5.26 Å². The molecule has 3 nitrogen and oxygen atoms in total. The predicted molar refractivity (Wildman–Crippen MR) is 41.6 cm³/mol. The van der Waals surface area contributed by atoms with Crippen LogP contribution in [0.1, 0.15) is 0 Å². The lowest BCUT2D eigenvalue weighted by molar-refractivity contribution is -0.141. The zero-order valence-corrected chi connectivity index (χ0v) is 5.74. The Morgan fingerprint density at radius 3 is 2.82 bits per heavy atom. The maximum absolute atomic E-state index is 8.31. The number of fused-ring (bicyclic) bond motifs is 1. The molecule has 0 aliphatic heterocycles. The second-order valence-electron chi connectivity index (χ2n) is 2.31.